The molecule has 1 saturated carbocycles. The molecule has 1 aliphatic rings. The van der Waals surface area contributed by atoms with Crippen LogP contribution in [-0.2, 0) is 9.47 Å². The van der Waals surface area contributed by atoms with Gasteiger partial charge in [-0.1, -0.05) is 27.2 Å². The van der Waals surface area contributed by atoms with Crippen LogP contribution in [0.15, 0.2) is 0 Å². The standard InChI is InChI=1S/C14H27NO3/c1-10(2)12-6-5-11(3)9-13(12)18-14(16)15-7-8-17-4/h10-13H,5-9H2,1-4H3,(H,15,16)/t11-,12+,13+/m1/s1. The number of ether oxygens (including phenoxy) is 2. The smallest absolute Gasteiger partial charge is 0.407 e. The molecular formula is C14H27NO3. The van der Waals surface area contributed by atoms with Crippen LogP contribution in [0.25, 0.3) is 0 Å². The molecule has 0 bridgehead atoms. The predicted molar refractivity (Wildman–Crippen MR) is 71.5 cm³/mol. The largest absolute Gasteiger partial charge is 0.446 e. The molecule has 0 aliphatic heterocycles. The Morgan fingerprint density at radius 1 is 1.39 bits per heavy atom. The van der Waals surface area contributed by atoms with Crippen LogP contribution < -0.4 is 5.32 Å². The minimum Gasteiger partial charge on any atom is -0.446 e. The van der Waals surface area contributed by atoms with Crippen molar-refractivity contribution in [2.24, 2.45) is 17.8 Å². The molecule has 0 unspecified atom stereocenters. The number of hydrogen-bond donors (Lipinski definition) is 1. The molecule has 106 valence electrons. The second-order valence-electron chi connectivity index (χ2n) is 5.69. The molecule has 1 N–H and O–H groups in total. The van der Waals surface area contributed by atoms with Crippen molar-refractivity contribution in [3.05, 3.63) is 0 Å². The van der Waals surface area contributed by atoms with Crippen molar-refractivity contribution in [3.8, 4) is 0 Å². The van der Waals surface area contributed by atoms with E-state index in [1.807, 2.05) is 0 Å². The highest BCUT2D eigenvalue weighted by Gasteiger charge is 2.33. The Balaban J connectivity index is 2.42. The lowest BCUT2D eigenvalue weighted by atomic mass is 9.75. The first-order chi connectivity index (χ1) is 8.54. The van der Waals surface area contributed by atoms with Crippen LogP contribution in [0.4, 0.5) is 4.79 Å². The van der Waals surface area contributed by atoms with E-state index >= 15 is 0 Å². The van der Waals surface area contributed by atoms with Crippen molar-refractivity contribution in [2.75, 3.05) is 20.3 Å². The molecule has 0 aromatic rings. The molecule has 0 aromatic heterocycles. The third kappa shape index (κ3) is 4.84. The van der Waals surface area contributed by atoms with Gasteiger partial charge in [-0.25, -0.2) is 4.79 Å². The summed E-state index contributed by atoms with van der Waals surface area (Å²) >= 11 is 0. The van der Waals surface area contributed by atoms with Crippen molar-refractivity contribution in [3.63, 3.8) is 0 Å². The van der Waals surface area contributed by atoms with Crippen molar-refractivity contribution in [1.82, 2.24) is 5.32 Å². The zero-order valence-electron chi connectivity index (χ0n) is 12.1. The zero-order chi connectivity index (χ0) is 13.5. The van der Waals surface area contributed by atoms with Gasteiger partial charge in [-0.2, -0.15) is 0 Å². The number of carbonyl (C=O) groups excluding carboxylic acids is 1. The van der Waals surface area contributed by atoms with Crippen LogP contribution in [0.3, 0.4) is 0 Å². The van der Waals surface area contributed by atoms with E-state index in [1.165, 1.54) is 6.42 Å². The maximum atomic E-state index is 11.7. The van der Waals surface area contributed by atoms with E-state index in [1.54, 1.807) is 7.11 Å². The topological polar surface area (TPSA) is 47.6 Å². The average Bonchev–Trinajstić information content (AvgIpc) is 2.29. The zero-order valence-corrected chi connectivity index (χ0v) is 12.1. The summed E-state index contributed by atoms with van der Waals surface area (Å²) in [5.41, 5.74) is 0. The van der Waals surface area contributed by atoms with Gasteiger partial charge in [0.1, 0.15) is 6.10 Å². The highest BCUT2D eigenvalue weighted by molar-refractivity contribution is 5.67. The summed E-state index contributed by atoms with van der Waals surface area (Å²) in [6.45, 7) is 7.67. The average molecular weight is 257 g/mol. The molecule has 18 heavy (non-hydrogen) atoms. The van der Waals surface area contributed by atoms with E-state index < -0.39 is 0 Å². The van der Waals surface area contributed by atoms with Crippen LogP contribution in [0.5, 0.6) is 0 Å². The van der Waals surface area contributed by atoms with Crippen LogP contribution in [0.2, 0.25) is 0 Å². The molecular weight excluding hydrogens is 230 g/mol. The monoisotopic (exact) mass is 257 g/mol. The van der Waals surface area contributed by atoms with Gasteiger partial charge < -0.3 is 14.8 Å². The molecule has 4 heteroatoms. The minimum atomic E-state index is -0.309. The van der Waals surface area contributed by atoms with Gasteiger partial charge in [0.05, 0.1) is 6.61 Å². The molecule has 0 saturated heterocycles. The minimum absolute atomic E-state index is 0.0660. The first kappa shape index (κ1) is 15.3. The summed E-state index contributed by atoms with van der Waals surface area (Å²) in [6, 6.07) is 0. The van der Waals surface area contributed by atoms with E-state index in [0.717, 1.165) is 12.8 Å². The SMILES string of the molecule is COCCNC(=O)O[C@H]1C[C@H](C)CC[C@H]1C(C)C. The lowest BCUT2D eigenvalue weighted by Crippen LogP contribution is -2.39. The van der Waals surface area contributed by atoms with Crippen LogP contribution in [0.1, 0.15) is 40.0 Å². The fourth-order valence-corrected chi connectivity index (χ4v) is 2.68. The highest BCUT2D eigenvalue weighted by Crippen LogP contribution is 2.35. The molecule has 0 radical (unpaired) electrons. The summed E-state index contributed by atoms with van der Waals surface area (Å²) < 4.78 is 10.5. The van der Waals surface area contributed by atoms with Gasteiger partial charge in [-0.3, -0.25) is 0 Å². The van der Waals surface area contributed by atoms with Gasteiger partial charge in [0.25, 0.3) is 0 Å². The van der Waals surface area contributed by atoms with E-state index in [0.29, 0.717) is 30.9 Å². The lowest BCUT2D eigenvalue weighted by Gasteiger charge is -2.36. The Morgan fingerprint density at radius 2 is 2.11 bits per heavy atom. The van der Waals surface area contributed by atoms with Crippen LogP contribution >= 0.6 is 0 Å². The van der Waals surface area contributed by atoms with Crippen molar-refractivity contribution in [2.45, 2.75) is 46.1 Å². The van der Waals surface area contributed by atoms with Gasteiger partial charge in [0.2, 0.25) is 0 Å². The van der Waals surface area contributed by atoms with E-state index in [9.17, 15) is 4.79 Å². The number of rotatable bonds is 5. The summed E-state index contributed by atoms with van der Waals surface area (Å²) in [4.78, 5) is 11.7. The van der Waals surface area contributed by atoms with Crippen molar-refractivity contribution in [1.29, 1.82) is 0 Å². The third-order valence-corrected chi connectivity index (χ3v) is 3.80. The van der Waals surface area contributed by atoms with E-state index in [4.69, 9.17) is 9.47 Å². The summed E-state index contributed by atoms with van der Waals surface area (Å²) in [7, 11) is 1.62. The maximum absolute atomic E-state index is 11.7. The van der Waals surface area contributed by atoms with Gasteiger partial charge in [-0.15, -0.1) is 0 Å². The number of carbonyl (C=O) groups is 1. The Kier molecular flexibility index (Phi) is 6.47. The predicted octanol–water partition coefficient (Wildman–Crippen LogP) is 2.82. The van der Waals surface area contributed by atoms with Crippen molar-refractivity contribution < 1.29 is 14.3 Å². The summed E-state index contributed by atoms with van der Waals surface area (Å²) in [5.74, 6) is 1.71. The first-order valence-corrected chi connectivity index (χ1v) is 6.98. The molecule has 1 aliphatic carbocycles. The second-order valence-corrected chi connectivity index (χ2v) is 5.69. The Bertz CT molecular complexity index is 255. The molecule has 0 heterocycles. The number of nitrogens with one attached hydrogen (secondary N) is 1. The Labute approximate surface area is 110 Å². The van der Waals surface area contributed by atoms with Crippen LogP contribution in [-0.4, -0.2) is 32.5 Å². The third-order valence-electron chi connectivity index (χ3n) is 3.80. The van der Waals surface area contributed by atoms with E-state index in [-0.39, 0.29) is 12.2 Å². The van der Waals surface area contributed by atoms with Crippen LogP contribution in [0, 0.1) is 17.8 Å². The van der Waals surface area contributed by atoms with Gasteiger partial charge in [0, 0.05) is 13.7 Å². The molecule has 1 fully saturated rings. The van der Waals surface area contributed by atoms with Crippen molar-refractivity contribution >= 4 is 6.09 Å². The molecule has 1 rings (SSSR count). The first-order valence-electron chi connectivity index (χ1n) is 6.98. The number of amides is 1. The Morgan fingerprint density at radius 3 is 2.72 bits per heavy atom. The number of hydrogen-bond acceptors (Lipinski definition) is 3. The van der Waals surface area contributed by atoms with Gasteiger partial charge in [0.15, 0.2) is 0 Å². The number of methoxy groups -OCH3 is 1. The molecule has 0 aromatic carbocycles. The maximum Gasteiger partial charge on any atom is 0.407 e. The summed E-state index contributed by atoms with van der Waals surface area (Å²) in [6.07, 6.45) is 3.15. The highest BCUT2D eigenvalue weighted by atomic mass is 16.6. The van der Waals surface area contributed by atoms with E-state index in [2.05, 4.69) is 26.1 Å². The molecule has 1 amide bonds. The molecule has 3 atom stereocenters. The summed E-state index contributed by atoms with van der Waals surface area (Å²) in [5, 5.41) is 2.72. The molecule has 0 spiro atoms. The van der Waals surface area contributed by atoms with Gasteiger partial charge in [-0.05, 0) is 30.6 Å². The molecule has 4 nitrogen and oxygen atoms in total. The quantitative estimate of drug-likeness (QED) is 0.770. The normalized spacial score (nSPS) is 28.2. The fourth-order valence-electron chi connectivity index (χ4n) is 2.68. The Hall–Kier alpha value is -0.770. The van der Waals surface area contributed by atoms with Gasteiger partial charge >= 0.3 is 6.09 Å². The lowest BCUT2D eigenvalue weighted by molar-refractivity contribution is 0.00562. The number of alkyl carbamates (subject to hydrolysis) is 1. The second kappa shape index (κ2) is 7.62. The fraction of sp³-hybridized carbons (Fsp3) is 0.929.